The molecule has 2 aliphatic carbocycles. The van der Waals surface area contributed by atoms with Crippen LogP contribution in [0, 0.1) is 5.92 Å². The van der Waals surface area contributed by atoms with Gasteiger partial charge in [-0.05, 0) is 32.0 Å². The third kappa shape index (κ3) is 2.59. The van der Waals surface area contributed by atoms with Crippen molar-refractivity contribution in [1.29, 1.82) is 0 Å². The Morgan fingerprint density at radius 2 is 2.05 bits per heavy atom. The number of fused-ring (bicyclic) bond motifs is 1. The van der Waals surface area contributed by atoms with Crippen LogP contribution in [0.5, 0.6) is 0 Å². The maximum atomic E-state index is 10.3. The molecule has 2 fully saturated rings. The highest BCUT2D eigenvalue weighted by Crippen LogP contribution is 2.66. The summed E-state index contributed by atoms with van der Waals surface area (Å²) in [6, 6.07) is 0. The van der Waals surface area contributed by atoms with Crippen molar-refractivity contribution >= 4 is 35.5 Å². The van der Waals surface area contributed by atoms with E-state index in [1.165, 1.54) is 0 Å². The van der Waals surface area contributed by atoms with Crippen molar-refractivity contribution < 1.29 is 14.9 Å². The Balaban J connectivity index is 1.92. The van der Waals surface area contributed by atoms with E-state index < -0.39 is 30.7 Å². The van der Waals surface area contributed by atoms with Gasteiger partial charge in [0, 0.05) is 0 Å². The van der Waals surface area contributed by atoms with E-state index in [1.54, 1.807) is 6.92 Å². The van der Waals surface area contributed by atoms with E-state index in [4.69, 9.17) is 12.6 Å². The van der Waals surface area contributed by atoms with Gasteiger partial charge in [-0.1, -0.05) is 0 Å². The number of hydrogen-bond donors (Lipinski definition) is 2. The van der Waals surface area contributed by atoms with Gasteiger partial charge in [0.05, 0.1) is 26.0 Å². The van der Waals surface area contributed by atoms with E-state index in [9.17, 15) is 10.2 Å². The fraction of sp³-hybridized carbons (Fsp3) is 0.846. The third-order valence-corrected chi connectivity index (χ3v) is 9.08. The highest BCUT2D eigenvalue weighted by molar-refractivity contribution is 7.72. The lowest BCUT2D eigenvalue weighted by atomic mass is 9.73. The van der Waals surface area contributed by atoms with Gasteiger partial charge >= 0.3 is 0 Å². The summed E-state index contributed by atoms with van der Waals surface area (Å²) in [7, 11) is 5.34. The summed E-state index contributed by atoms with van der Waals surface area (Å²) in [5.74, 6) is 0.716. The molecular formula is C13H23BO3P2+2. The van der Waals surface area contributed by atoms with Crippen LogP contribution in [-0.2, 0) is 4.74 Å². The van der Waals surface area contributed by atoms with E-state index in [2.05, 4.69) is 19.5 Å². The Bertz CT molecular complexity index is 413. The molecule has 0 bridgehead atoms. The standard InChI is InChI=1S/C13H23BO3P2/c1-5-18(3)8-19(4)7-17-13-6-9(13)10(14)12(2,16)11(13)15/h9-11,15-16H,3-8H2,1-2H3/q+2/t9-,10-,11+,12+,13+/m1/s1. The smallest absolute Gasteiger partial charge is 0.254 e. The molecule has 0 amide bonds. The number of aliphatic hydroxyl groups excluding tert-OH is 1. The summed E-state index contributed by atoms with van der Waals surface area (Å²) in [4.78, 5) is 0. The van der Waals surface area contributed by atoms with Gasteiger partial charge in [-0.15, -0.1) is 0 Å². The van der Waals surface area contributed by atoms with Crippen molar-refractivity contribution in [2.24, 2.45) is 5.92 Å². The van der Waals surface area contributed by atoms with Gasteiger partial charge in [0.15, 0.2) is 7.55 Å². The van der Waals surface area contributed by atoms with Gasteiger partial charge in [-0.25, -0.2) is 0 Å². The second kappa shape index (κ2) is 5.24. The van der Waals surface area contributed by atoms with Crippen LogP contribution in [0.2, 0.25) is 5.82 Å². The lowest BCUT2D eigenvalue weighted by molar-refractivity contribution is -0.114. The molecule has 7 atom stereocenters. The van der Waals surface area contributed by atoms with Crippen LogP contribution in [-0.4, -0.2) is 66.4 Å². The minimum atomic E-state index is -1.24. The van der Waals surface area contributed by atoms with Gasteiger partial charge in [0.25, 0.3) is 5.90 Å². The predicted octanol–water partition coefficient (Wildman–Crippen LogP) is 1.61. The Morgan fingerprint density at radius 3 is 2.53 bits per heavy atom. The zero-order chi connectivity index (χ0) is 14.4. The molecule has 6 heteroatoms. The molecule has 0 aromatic carbocycles. The van der Waals surface area contributed by atoms with E-state index >= 15 is 0 Å². The fourth-order valence-corrected chi connectivity index (χ4v) is 6.81. The molecule has 19 heavy (non-hydrogen) atoms. The summed E-state index contributed by atoms with van der Waals surface area (Å²) in [5, 5.41) is 20.4. The Hall–Kier alpha value is 0.285. The summed E-state index contributed by atoms with van der Waals surface area (Å²) >= 11 is 0. The third-order valence-electron chi connectivity index (χ3n) is 4.49. The van der Waals surface area contributed by atoms with Crippen molar-refractivity contribution in [2.75, 3.05) is 18.4 Å². The molecular weight excluding hydrogens is 277 g/mol. The molecule has 2 rings (SSSR count). The molecule has 0 aromatic heterocycles. The maximum absolute atomic E-state index is 10.3. The number of ether oxygens (including phenoxy) is 1. The van der Waals surface area contributed by atoms with Crippen LogP contribution in [0.25, 0.3) is 0 Å². The molecule has 0 saturated heterocycles. The largest absolute Gasteiger partial charge is 0.388 e. The minimum absolute atomic E-state index is 0.0772. The summed E-state index contributed by atoms with van der Waals surface area (Å²) in [5.41, 5.74) is -1.85. The Morgan fingerprint density at radius 1 is 1.42 bits per heavy atom. The van der Waals surface area contributed by atoms with Crippen LogP contribution in [0.1, 0.15) is 20.3 Å². The molecule has 104 valence electrons. The first-order valence-corrected chi connectivity index (χ1v) is 10.5. The number of aliphatic hydroxyl groups is 2. The monoisotopic (exact) mass is 300 g/mol. The van der Waals surface area contributed by atoms with Crippen LogP contribution in [0.4, 0.5) is 0 Å². The molecule has 2 N–H and O–H groups in total. The topological polar surface area (TPSA) is 49.7 Å². The second-order valence-electron chi connectivity index (χ2n) is 5.99. The van der Waals surface area contributed by atoms with E-state index in [1.807, 2.05) is 0 Å². The average molecular weight is 300 g/mol. The first-order chi connectivity index (χ1) is 8.75. The molecule has 0 heterocycles. The zero-order valence-corrected chi connectivity index (χ0v) is 13.5. The quantitative estimate of drug-likeness (QED) is 0.579. The predicted molar refractivity (Wildman–Crippen MR) is 86.4 cm³/mol. The van der Waals surface area contributed by atoms with Gasteiger partial charge in [0.2, 0.25) is 6.35 Å². The van der Waals surface area contributed by atoms with E-state index in [0.717, 1.165) is 18.5 Å². The van der Waals surface area contributed by atoms with Crippen molar-refractivity contribution in [3.63, 3.8) is 0 Å². The lowest BCUT2D eigenvalue weighted by Crippen LogP contribution is -2.46. The van der Waals surface area contributed by atoms with Gasteiger partial charge in [-0.3, -0.25) is 0 Å². The molecule has 2 radical (unpaired) electrons. The van der Waals surface area contributed by atoms with E-state index in [0.29, 0.717) is 6.35 Å². The number of rotatable bonds is 6. The maximum Gasteiger partial charge on any atom is 0.254 e. The molecule has 2 aliphatic rings. The van der Waals surface area contributed by atoms with Crippen LogP contribution in [0.3, 0.4) is 0 Å². The van der Waals surface area contributed by atoms with Crippen LogP contribution >= 0.6 is 15.1 Å². The van der Waals surface area contributed by atoms with Crippen molar-refractivity contribution in [1.82, 2.24) is 0 Å². The Labute approximate surface area is 118 Å². The fourth-order valence-electron chi connectivity index (χ4n) is 2.99. The number of hydrogen-bond acceptors (Lipinski definition) is 3. The van der Waals surface area contributed by atoms with E-state index in [-0.39, 0.29) is 13.5 Å². The second-order valence-corrected chi connectivity index (χ2v) is 10.7. The van der Waals surface area contributed by atoms with Crippen molar-refractivity contribution in [2.45, 2.75) is 43.4 Å². The molecule has 2 unspecified atom stereocenters. The molecule has 0 aliphatic heterocycles. The lowest BCUT2D eigenvalue weighted by Gasteiger charge is -2.31. The van der Waals surface area contributed by atoms with Crippen LogP contribution in [0.15, 0.2) is 0 Å². The normalized spacial score (nSPS) is 45.8. The summed E-state index contributed by atoms with van der Waals surface area (Å²) in [6.07, 6.45) is 9.83. The summed E-state index contributed by atoms with van der Waals surface area (Å²) < 4.78 is 5.95. The van der Waals surface area contributed by atoms with Gasteiger partial charge in [-0.2, -0.15) is 0 Å². The highest BCUT2D eigenvalue weighted by Gasteiger charge is 2.74. The van der Waals surface area contributed by atoms with Crippen molar-refractivity contribution in [3.8, 4) is 0 Å². The zero-order valence-electron chi connectivity index (χ0n) is 11.7. The first-order valence-electron chi connectivity index (χ1n) is 6.66. The molecule has 0 spiro atoms. The van der Waals surface area contributed by atoms with Gasteiger partial charge in [0.1, 0.15) is 25.4 Å². The highest BCUT2D eigenvalue weighted by atomic mass is 31.2. The molecule has 0 aromatic rings. The van der Waals surface area contributed by atoms with Crippen LogP contribution < -0.4 is 0 Å². The summed E-state index contributed by atoms with van der Waals surface area (Å²) in [6.45, 7) is 3.74. The molecule has 2 saturated carbocycles. The SMILES string of the molecule is [B][C@@H]1[C@H]2C[C@@]2(OC[P+](=C)C[P+](=C)CC)[C@@H](O)[C@@]1(C)O. The average Bonchev–Trinajstić information content (AvgIpc) is 3.06. The van der Waals surface area contributed by atoms with Crippen molar-refractivity contribution in [3.05, 3.63) is 0 Å². The van der Waals surface area contributed by atoms with Gasteiger partial charge < -0.3 is 14.9 Å². The minimum Gasteiger partial charge on any atom is -0.388 e. The molecule has 3 nitrogen and oxygen atoms in total. The Kier molecular flexibility index (Phi) is 4.32. The first kappa shape index (κ1) is 15.7.